The van der Waals surface area contributed by atoms with Crippen LogP contribution in [0.3, 0.4) is 0 Å². The number of nitrogens with zero attached hydrogens (tertiary/aromatic N) is 1. The molecular weight excluding hydrogens is 412 g/mol. The van der Waals surface area contributed by atoms with E-state index in [-0.39, 0.29) is 11.4 Å². The first-order valence-electron chi connectivity index (χ1n) is 8.99. The molecule has 0 saturated carbocycles. The number of hydrogen-bond donors (Lipinski definition) is 3. The number of carbonyl (C=O) groups is 2. The lowest BCUT2D eigenvalue weighted by Crippen LogP contribution is -2.42. The van der Waals surface area contributed by atoms with Crippen molar-refractivity contribution in [1.29, 1.82) is 0 Å². The van der Waals surface area contributed by atoms with Crippen LogP contribution in [0.5, 0.6) is 0 Å². The van der Waals surface area contributed by atoms with Crippen LogP contribution in [-0.2, 0) is 21.2 Å². The van der Waals surface area contributed by atoms with E-state index in [4.69, 9.17) is 0 Å². The van der Waals surface area contributed by atoms with E-state index in [0.29, 0.717) is 18.7 Å². The first-order chi connectivity index (χ1) is 13.6. The van der Waals surface area contributed by atoms with Gasteiger partial charge in [0.1, 0.15) is 0 Å². The van der Waals surface area contributed by atoms with E-state index in [1.165, 1.54) is 20.2 Å². The van der Waals surface area contributed by atoms with Crippen LogP contribution in [-0.4, -0.2) is 51.8 Å². The molecule has 3 N–H and O–H groups in total. The van der Waals surface area contributed by atoms with Gasteiger partial charge in [0.05, 0.1) is 11.4 Å². The molecule has 2 rings (SSSR count). The van der Waals surface area contributed by atoms with Gasteiger partial charge in [0.15, 0.2) is 0 Å². The summed E-state index contributed by atoms with van der Waals surface area (Å²) in [6, 6.07) is 6.44. The van der Waals surface area contributed by atoms with Crippen molar-refractivity contribution in [3.63, 3.8) is 0 Å². The van der Waals surface area contributed by atoms with Crippen LogP contribution in [0.1, 0.15) is 16.0 Å². The summed E-state index contributed by atoms with van der Waals surface area (Å²) in [5.74, 6) is -0.517. The summed E-state index contributed by atoms with van der Waals surface area (Å²) in [6.07, 6.45) is 0.698. The van der Waals surface area contributed by atoms with Gasteiger partial charge in [-0.05, 0) is 55.0 Å². The number of nitrogens with one attached hydrogen (secondary N) is 3. The largest absolute Gasteiger partial charge is 0.376 e. The van der Waals surface area contributed by atoms with Gasteiger partial charge >= 0.3 is 6.03 Å². The lowest BCUT2D eigenvalue weighted by Gasteiger charge is -2.17. The van der Waals surface area contributed by atoms with Crippen LogP contribution in [0.2, 0.25) is 0 Å². The zero-order chi connectivity index (χ0) is 21.6. The number of amides is 3. The van der Waals surface area contributed by atoms with E-state index in [9.17, 15) is 18.0 Å². The molecule has 3 amide bonds. The van der Waals surface area contributed by atoms with Crippen molar-refractivity contribution in [2.45, 2.75) is 25.2 Å². The molecule has 0 fully saturated rings. The number of hydrogen-bond acceptors (Lipinski definition) is 6. The summed E-state index contributed by atoms with van der Waals surface area (Å²) in [4.78, 5) is 25.2. The first kappa shape index (κ1) is 22.9. The molecule has 0 aliphatic carbocycles. The molecule has 0 aliphatic heterocycles. The van der Waals surface area contributed by atoms with E-state index < -0.39 is 22.0 Å². The van der Waals surface area contributed by atoms with E-state index >= 15 is 0 Å². The summed E-state index contributed by atoms with van der Waals surface area (Å²) in [7, 11) is -0.675. The van der Waals surface area contributed by atoms with E-state index in [0.717, 1.165) is 20.3 Å². The molecule has 0 saturated heterocycles. The molecule has 158 valence electrons. The summed E-state index contributed by atoms with van der Waals surface area (Å²) >= 11 is 1.61. The lowest BCUT2D eigenvalue weighted by molar-refractivity contribution is -0.118. The molecule has 0 bridgehead atoms. The fourth-order valence-electron chi connectivity index (χ4n) is 2.51. The maximum absolute atomic E-state index is 12.4. The molecule has 10 heteroatoms. The number of imide groups is 1. The topological polar surface area (TPSA) is 108 Å². The second kappa shape index (κ2) is 9.86. The van der Waals surface area contributed by atoms with Crippen LogP contribution >= 0.6 is 11.3 Å². The Bertz CT molecular complexity index is 970. The maximum Gasteiger partial charge on any atom is 0.321 e. The third-order valence-electron chi connectivity index (χ3n) is 4.35. The average Bonchev–Trinajstić information content (AvgIpc) is 3.15. The number of urea groups is 1. The van der Waals surface area contributed by atoms with Gasteiger partial charge in [-0.1, -0.05) is 6.07 Å². The molecule has 8 nitrogen and oxygen atoms in total. The molecule has 1 heterocycles. The average molecular weight is 439 g/mol. The highest BCUT2D eigenvalue weighted by atomic mass is 32.2. The van der Waals surface area contributed by atoms with Crippen LogP contribution in [0.4, 0.5) is 10.5 Å². The molecule has 0 spiro atoms. The van der Waals surface area contributed by atoms with Crippen LogP contribution in [0, 0.1) is 13.8 Å². The molecule has 29 heavy (non-hydrogen) atoms. The second-order valence-electron chi connectivity index (χ2n) is 6.69. The minimum atomic E-state index is -3.60. The van der Waals surface area contributed by atoms with Crippen LogP contribution in [0.15, 0.2) is 34.5 Å². The molecule has 1 aromatic carbocycles. The van der Waals surface area contributed by atoms with Gasteiger partial charge in [-0.15, -0.1) is 11.3 Å². The van der Waals surface area contributed by atoms with Gasteiger partial charge in [0.25, 0.3) is 0 Å². The fourth-order valence-corrected chi connectivity index (χ4v) is 4.24. The Labute approximate surface area is 175 Å². The fraction of sp³-hybridized carbons (Fsp3) is 0.368. The summed E-state index contributed by atoms with van der Waals surface area (Å²) in [6.45, 7) is 3.90. The molecule has 0 atom stereocenters. The smallest absolute Gasteiger partial charge is 0.321 e. The van der Waals surface area contributed by atoms with Crippen LogP contribution < -0.4 is 16.0 Å². The Hall–Kier alpha value is -2.43. The van der Waals surface area contributed by atoms with E-state index in [1.54, 1.807) is 24.3 Å². The van der Waals surface area contributed by atoms with Crippen molar-refractivity contribution in [2.24, 2.45) is 0 Å². The molecule has 1 aromatic heterocycles. The highest BCUT2D eigenvalue weighted by Gasteiger charge is 2.19. The minimum absolute atomic E-state index is 0.139. The highest BCUT2D eigenvalue weighted by Crippen LogP contribution is 2.25. The van der Waals surface area contributed by atoms with Gasteiger partial charge in [-0.2, -0.15) is 0 Å². The normalized spacial score (nSPS) is 11.3. The summed E-state index contributed by atoms with van der Waals surface area (Å²) in [5, 5.41) is 9.77. The monoisotopic (exact) mass is 438 g/mol. The predicted octanol–water partition coefficient (Wildman–Crippen LogP) is 2.10. The Morgan fingerprint density at radius 3 is 2.52 bits per heavy atom. The maximum atomic E-state index is 12.4. The van der Waals surface area contributed by atoms with Crippen molar-refractivity contribution >= 4 is 39.0 Å². The Kier molecular flexibility index (Phi) is 7.77. The van der Waals surface area contributed by atoms with Crippen LogP contribution in [0.25, 0.3) is 0 Å². The Morgan fingerprint density at radius 2 is 1.90 bits per heavy atom. The minimum Gasteiger partial charge on any atom is -0.376 e. The predicted molar refractivity (Wildman–Crippen MR) is 115 cm³/mol. The van der Waals surface area contributed by atoms with Gasteiger partial charge < -0.3 is 10.6 Å². The molecule has 0 unspecified atom stereocenters. The number of thiophene rings is 1. The van der Waals surface area contributed by atoms with E-state index in [1.807, 2.05) is 24.4 Å². The second-order valence-corrected chi connectivity index (χ2v) is 9.87. The zero-order valence-corrected chi connectivity index (χ0v) is 18.5. The number of aryl methyl sites for hydroxylation is 1. The quantitative estimate of drug-likeness (QED) is 0.585. The van der Waals surface area contributed by atoms with Gasteiger partial charge in [0.2, 0.25) is 15.9 Å². The third kappa shape index (κ3) is 6.28. The van der Waals surface area contributed by atoms with Gasteiger partial charge in [-0.25, -0.2) is 17.5 Å². The standard InChI is InChI=1S/C19H26N4O4S2/c1-13-10-16(29(26,27)23(3)4)11-17(14(13)2)21-12-18(24)22-19(25)20-8-7-15-6-5-9-28-15/h5-6,9-11,21H,7-8,12H2,1-4H3,(H2,20,22,24,25). The molecule has 0 aliphatic rings. The van der Waals surface area contributed by atoms with Crippen molar-refractivity contribution in [1.82, 2.24) is 14.9 Å². The number of carbonyl (C=O) groups excluding carboxylic acids is 2. The summed E-state index contributed by atoms with van der Waals surface area (Å²) in [5.41, 5.74) is 2.14. The molecule has 2 aromatic rings. The highest BCUT2D eigenvalue weighted by molar-refractivity contribution is 7.89. The SMILES string of the molecule is Cc1cc(S(=O)(=O)N(C)C)cc(NCC(=O)NC(=O)NCCc2cccs2)c1C. The number of rotatable bonds is 8. The Morgan fingerprint density at radius 1 is 1.17 bits per heavy atom. The van der Waals surface area contributed by atoms with Crippen molar-refractivity contribution in [3.05, 3.63) is 45.6 Å². The van der Waals surface area contributed by atoms with Gasteiger partial charge in [-0.3, -0.25) is 10.1 Å². The number of sulfonamides is 1. The summed E-state index contributed by atoms with van der Waals surface area (Å²) < 4.78 is 25.9. The first-order valence-corrected chi connectivity index (χ1v) is 11.3. The Balaban J connectivity index is 1.92. The van der Waals surface area contributed by atoms with Gasteiger partial charge in [0, 0.05) is 31.2 Å². The number of anilines is 1. The van der Waals surface area contributed by atoms with Crippen molar-refractivity contribution in [3.8, 4) is 0 Å². The molecule has 0 radical (unpaired) electrons. The molecular formula is C19H26N4O4S2. The van der Waals surface area contributed by atoms with E-state index in [2.05, 4.69) is 16.0 Å². The van der Waals surface area contributed by atoms with Crippen molar-refractivity contribution in [2.75, 3.05) is 32.5 Å². The zero-order valence-electron chi connectivity index (χ0n) is 16.9. The lowest BCUT2D eigenvalue weighted by atomic mass is 10.1. The van der Waals surface area contributed by atoms with Crippen molar-refractivity contribution < 1.29 is 18.0 Å². The number of benzene rings is 1. The third-order valence-corrected chi connectivity index (χ3v) is 7.08.